The van der Waals surface area contributed by atoms with E-state index in [4.69, 9.17) is 28.9 Å². The van der Waals surface area contributed by atoms with Gasteiger partial charge in [-0.2, -0.15) is 0 Å². The first-order valence-corrected chi connectivity index (χ1v) is 5.40. The van der Waals surface area contributed by atoms with Gasteiger partial charge in [-0.1, -0.05) is 28.9 Å². The van der Waals surface area contributed by atoms with E-state index in [1.54, 1.807) is 24.3 Å². The molecule has 0 atom stereocenters. The predicted molar refractivity (Wildman–Crippen MR) is 63.6 cm³/mol. The molecule has 0 aliphatic carbocycles. The summed E-state index contributed by atoms with van der Waals surface area (Å²) in [4.78, 5) is 15.5. The molecule has 0 aromatic heterocycles. The minimum Gasteiger partial charge on any atom is -0.380 e. The van der Waals surface area contributed by atoms with E-state index in [2.05, 4.69) is 9.99 Å². The molecule has 86 valence electrons. The Morgan fingerprint density at radius 3 is 2.88 bits per heavy atom. The Morgan fingerprint density at radius 2 is 2.25 bits per heavy atom. The van der Waals surface area contributed by atoms with E-state index in [9.17, 15) is 4.79 Å². The van der Waals surface area contributed by atoms with E-state index in [0.29, 0.717) is 10.6 Å². The molecule has 6 heteroatoms. The minimum absolute atomic E-state index is 0.0884. The van der Waals surface area contributed by atoms with Gasteiger partial charge in [0.2, 0.25) is 0 Å². The van der Waals surface area contributed by atoms with E-state index < -0.39 is 5.97 Å². The van der Waals surface area contributed by atoms with Crippen LogP contribution in [0.25, 0.3) is 0 Å². The Balaban J connectivity index is 2.67. The van der Waals surface area contributed by atoms with Gasteiger partial charge in [-0.05, 0) is 12.1 Å². The molecule has 0 saturated heterocycles. The van der Waals surface area contributed by atoms with Crippen LogP contribution in [0.1, 0.15) is 12.0 Å². The SMILES string of the molecule is N/C(=N\OC(=O)CCCl)c1cccc(Cl)c1. The number of halogens is 2. The first-order valence-electron chi connectivity index (χ1n) is 4.48. The second-order valence-electron chi connectivity index (χ2n) is 2.89. The number of hydrogen-bond acceptors (Lipinski definition) is 3. The van der Waals surface area contributed by atoms with E-state index in [1.807, 2.05) is 0 Å². The van der Waals surface area contributed by atoms with Gasteiger partial charge in [0.1, 0.15) is 0 Å². The van der Waals surface area contributed by atoms with Gasteiger partial charge in [0, 0.05) is 16.5 Å². The zero-order valence-electron chi connectivity index (χ0n) is 8.32. The van der Waals surface area contributed by atoms with Crippen LogP contribution >= 0.6 is 23.2 Å². The molecular weight excluding hydrogens is 251 g/mol. The normalized spacial score (nSPS) is 11.2. The molecule has 0 radical (unpaired) electrons. The van der Waals surface area contributed by atoms with Crippen LogP contribution in [-0.4, -0.2) is 17.7 Å². The van der Waals surface area contributed by atoms with Crippen molar-refractivity contribution in [1.29, 1.82) is 0 Å². The molecule has 1 aromatic carbocycles. The number of nitrogens with zero attached hydrogens (tertiary/aromatic N) is 1. The molecule has 4 nitrogen and oxygen atoms in total. The quantitative estimate of drug-likeness (QED) is 0.297. The summed E-state index contributed by atoms with van der Waals surface area (Å²) in [6.07, 6.45) is 0.0912. The van der Waals surface area contributed by atoms with Crippen molar-refractivity contribution >= 4 is 35.0 Å². The third kappa shape index (κ3) is 4.08. The topological polar surface area (TPSA) is 64.7 Å². The van der Waals surface area contributed by atoms with Crippen LogP contribution in [0.2, 0.25) is 5.02 Å². The third-order valence-corrected chi connectivity index (χ3v) is 2.09. The molecule has 2 N–H and O–H groups in total. The van der Waals surface area contributed by atoms with Crippen molar-refractivity contribution in [1.82, 2.24) is 0 Å². The summed E-state index contributed by atoms with van der Waals surface area (Å²) in [6, 6.07) is 6.76. The fourth-order valence-electron chi connectivity index (χ4n) is 0.923. The molecule has 0 bridgehead atoms. The van der Waals surface area contributed by atoms with Crippen LogP contribution in [0.4, 0.5) is 0 Å². The minimum atomic E-state index is -0.528. The molecule has 0 spiro atoms. The summed E-state index contributed by atoms with van der Waals surface area (Å²) in [5, 5.41) is 4.01. The summed E-state index contributed by atoms with van der Waals surface area (Å²) >= 11 is 11.1. The number of amidine groups is 1. The van der Waals surface area contributed by atoms with Crippen LogP contribution in [0.15, 0.2) is 29.4 Å². The van der Waals surface area contributed by atoms with Gasteiger partial charge in [0.15, 0.2) is 5.84 Å². The lowest BCUT2D eigenvalue weighted by molar-refractivity contribution is -0.143. The van der Waals surface area contributed by atoms with E-state index >= 15 is 0 Å². The van der Waals surface area contributed by atoms with Crippen molar-refractivity contribution in [3.05, 3.63) is 34.9 Å². The average molecular weight is 261 g/mol. The maximum absolute atomic E-state index is 11.0. The van der Waals surface area contributed by atoms with E-state index in [0.717, 1.165) is 0 Å². The van der Waals surface area contributed by atoms with Crippen LogP contribution in [0.3, 0.4) is 0 Å². The summed E-state index contributed by atoms with van der Waals surface area (Å²) in [7, 11) is 0. The first-order chi connectivity index (χ1) is 7.63. The van der Waals surface area contributed by atoms with Crippen molar-refractivity contribution < 1.29 is 9.63 Å². The summed E-state index contributed by atoms with van der Waals surface area (Å²) in [5.41, 5.74) is 6.18. The molecule has 0 aliphatic rings. The zero-order valence-corrected chi connectivity index (χ0v) is 9.83. The first kappa shape index (κ1) is 12.8. The molecule has 0 amide bonds. The monoisotopic (exact) mass is 260 g/mol. The number of carbonyl (C=O) groups excluding carboxylic acids is 1. The maximum atomic E-state index is 11.0. The third-order valence-electron chi connectivity index (χ3n) is 1.66. The lowest BCUT2D eigenvalue weighted by Gasteiger charge is -2.00. The molecule has 1 aromatic rings. The molecular formula is C10H10Cl2N2O2. The summed E-state index contributed by atoms with van der Waals surface area (Å²) in [6.45, 7) is 0. The van der Waals surface area contributed by atoms with Crippen molar-refractivity contribution in [2.75, 3.05) is 5.88 Å². The number of nitrogens with two attached hydrogens (primary N) is 1. The number of hydrogen-bond donors (Lipinski definition) is 1. The van der Waals surface area contributed by atoms with Gasteiger partial charge < -0.3 is 10.6 Å². The van der Waals surface area contributed by atoms with Gasteiger partial charge in [-0.3, -0.25) is 0 Å². The number of oxime groups is 1. The lowest BCUT2D eigenvalue weighted by Crippen LogP contribution is -2.15. The van der Waals surface area contributed by atoms with Gasteiger partial charge in [0.25, 0.3) is 0 Å². The molecule has 1 rings (SSSR count). The number of carbonyl (C=O) groups is 1. The number of rotatable bonds is 4. The summed E-state index contributed by atoms with van der Waals surface area (Å²) < 4.78 is 0. The maximum Gasteiger partial charge on any atom is 0.336 e. The largest absolute Gasteiger partial charge is 0.380 e. The molecule has 0 unspecified atom stereocenters. The second kappa shape index (κ2) is 6.35. The summed E-state index contributed by atoms with van der Waals surface area (Å²) in [5.74, 6) is -0.254. The van der Waals surface area contributed by atoms with Crippen LogP contribution in [0.5, 0.6) is 0 Å². The highest BCUT2D eigenvalue weighted by Gasteiger charge is 2.03. The molecule has 0 saturated carbocycles. The molecule has 0 fully saturated rings. The van der Waals surface area contributed by atoms with Gasteiger partial charge in [-0.15, -0.1) is 11.6 Å². The average Bonchev–Trinajstić information content (AvgIpc) is 2.26. The van der Waals surface area contributed by atoms with Crippen LogP contribution in [-0.2, 0) is 9.63 Å². The van der Waals surface area contributed by atoms with Gasteiger partial charge >= 0.3 is 5.97 Å². The Morgan fingerprint density at radius 1 is 1.50 bits per heavy atom. The number of benzene rings is 1. The molecule has 16 heavy (non-hydrogen) atoms. The van der Waals surface area contributed by atoms with Gasteiger partial charge in [0.05, 0.1) is 6.42 Å². The lowest BCUT2D eigenvalue weighted by atomic mass is 10.2. The zero-order chi connectivity index (χ0) is 12.0. The Kier molecular flexibility index (Phi) is 5.08. The van der Waals surface area contributed by atoms with E-state index in [-0.39, 0.29) is 18.1 Å². The van der Waals surface area contributed by atoms with Crippen molar-refractivity contribution in [2.45, 2.75) is 6.42 Å². The van der Waals surface area contributed by atoms with Gasteiger partial charge in [-0.25, -0.2) is 4.79 Å². The smallest absolute Gasteiger partial charge is 0.336 e. The highest BCUT2D eigenvalue weighted by Crippen LogP contribution is 2.10. The fraction of sp³-hybridized carbons (Fsp3) is 0.200. The highest BCUT2D eigenvalue weighted by molar-refractivity contribution is 6.31. The van der Waals surface area contributed by atoms with E-state index in [1.165, 1.54) is 0 Å². The van der Waals surface area contributed by atoms with Crippen LogP contribution < -0.4 is 5.73 Å². The highest BCUT2D eigenvalue weighted by atomic mass is 35.5. The number of alkyl halides is 1. The standard InChI is InChI=1S/C10H10Cl2N2O2/c11-5-4-9(15)16-14-10(13)7-2-1-3-8(12)6-7/h1-3,6H,4-5H2,(H2,13,14). The molecule has 0 heterocycles. The van der Waals surface area contributed by atoms with Crippen molar-refractivity contribution in [2.24, 2.45) is 10.9 Å². The Labute approximate surface area is 103 Å². The molecule has 0 aliphatic heterocycles. The van der Waals surface area contributed by atoms with Crippen molar-refractivity contribution in [3.63, 3.8) is 0 Å². The van der Waals surface area contributed by atoms with Crippen LogP contribution in [0, 0.1) is 0 Å². The second-order valence-corrected chi connectivity index (χ2v) is 3.70. The fourth-order valence-corrected chi connectivity index (χ4v) is 1.27. The Hall–Kier alpha value is -1.26. The Bertz CT molecular complexity index is 408. The van der Waals surface area contributed by atoms with Crippen molar-refractivity contribution in [3.8, 4) is 0 Å². The predicted octanol–water partition coefficient (Wildman–Crippen LogP) is 2.13.